The highest BCUT2D eigenvalue weighted by Crippen LogP contribution is 2.39. The van der Waals surface area contributed by atoms with Gasteiger partial charge in [0.2, 0.25) is 11.8 Å². The van der Waals surface area contributed by atoms with Gasteiger partial charge in [-0.2, -0.15) is 0 Å². The summed E-state index contributed by atoms with van der Waals surface area (Å²) in [5.41, 5.74) is 0.0171. The molecule has 6 nitrogen and oxygen atoms in total. The molecule has 2 bridgehead atoms. The fourth-order valence-electron chi connectivity index (χ4n) is 2.80. The second-order valence-electron chi connectivity index (χ2n) is 4.93. The van der Waals surface area contributed by atoms with Gasteiger partial charge in [0.15, 0.2) is 0 Å². The van der Waals surface area contributed by atoms with Gasteiger partial charge in [-0.1, -0.05) is 0 Å². The van der Waals surface area contributed by atoms with Gasteiger partial charge in [0.25, 0.3) is 0 Å². The summed E-state index contributed by atoms with van der Waals surface area (Å²) in [5.74, 6) is -1.76. The van der Waals surface area contributed by atoms with E-state index in [-0.39, 0.29) is 35.0 Å². The monoisotopic (exact) mass is 260 g/mol. The first kappa shape index (κ1) is 11.8. The summed E-state index contributed by atoms with van der Waals surface area (Å²) in [4.78, 5) is 40.3. The number of aromatic carboxylic acids is 1. The molecule has 1 aliphatic carbocycles. The normalized spacial score (nSPS) is 25.8. The molecular weight excluding hydrogens is 248 g/mol. The Morgan fingerprint density at radius 2 is 1.89 bits per heavy atom. The van der Waals surface area contributed by atoms with Gasteiger partial charge < -0.3 is 5.11 Å². The van der Waals surface area contributed by atoms with Crippen LogP contribution in [0.4, 0.5) is 5.82 Å². The van der Waals surface area contributed by atoms with Gasteiger partial charge in [-0.05, 0) is 31.4 Å². The zero-order valence-electron chi connectivity index (χ0n) is 10.1. The van der Waals surface area contributed by atoms with Gasteiger partial charge in [0, 0.05) is 18.0 Å². The van der Waals surface area contributed by atoms with Crippen LogP contribution in [-0.4, -0.2) is 27.9 Å². The van der Waals surface area contributed by atoms with Crippen LogP contribution in [0.15, 0.2) is 18.3 Å². The lowest BCUT2D eigenvalue weighted by Gasteiger charge is -2.28. The minimum absolute atomic E-state index is 0.0171. The lowest BCUT2D eigenvalue weighted by atomic mass is 9.97. The van der Waals surface area contributed by atoms with Crippen LogP contribution in [0, 0.1) is 11.8 Å². The zero-order valence-corrected chi connectivity index (χ0v) is 10.1. The van der Waals surface area contributed by atoms with Crippen molar-refractivity contribution >= 4 is 23.6 Å². The van der Waals surface area contributed by atoms with E-state index in [0.717, 1.165) is 17.7 Å². The molecule has 2 atom stereocenters. The van der Waals surface area contributed by atoms with E-state index in [1.165, 1.54) is 18.3 Å². The van der Waals surface area contributed by atoms with Gasteiger partial charge in [0.05, 0.1) is 5.56 Å². The Balaban J connectivity index is 2.01. The van der Waals surface area contributed by atoms with E-state index in [4.69, 9.17) is 5.11 Å². The standard InChI is InChI=1S/C13H12N2O4/c16-11-7-1-2-8(5-7)12(17)15(11)10-6-9(13(18)19)3-4-14-10/h3-4,6-8H,1-2,5H2,(H,18,19). The van der Waals surface area contributed by atoms with Crippen LogP contribution in [0.2, 0.25) is 0 Å². The molecule has 1 aromatic rings. The van der Waals surface area contributed by atoms with Crippen LogP contribution in [0.5, 0.6) is 0 Å². The molecule has 2 aliphatic rings. The van der Waals surface area contributed by atoms with Crippen LogP contribution in [-0.2, 0) is 9.59 Å². The van der Waals surface area contributed by atoms with Gasteiger partial charge in [0.1, 0.15) is 5.82 Å². The Bertz CT molecular complexity index is 562. The number of anilines is 1. The third-order valence-electron chi connectivity index (χ3n) is 3.79. The highest BCUT2D eigenvalue weighted by molar-refractivity contribution is 6.18. The van der Waals surface area contributed by atoms with Crippen molar-refractivity contribution in [3.8, 4) is 0 Å². The number of aromatic nitrogens is 1. The molecule has 2 heterocycles. The number of pyridine rings is 1. The molecule has 1 saturated carbocycles. The van der Waals surface area contributed by atoms with Crippen molar-refractivity contribution < 1.29 is 19.5 Å². The molecule has 6 heteroatoms. The number of carboxylic acids is 1. The number of amides is 2. The van der Waals surface area contributed by atoms with Crippen LogP contribution in [0.25, 0.3) is 0 Å². The van der Waals surface area contributed by atoms with E-state index in [0.29, 0.717) is 6.42 Å². The summed E-state index contributed by atoms with van der Waals surface area (Å²) >= 11 is 0. The quantitative estimate of drug-likeness (QED) is 0.803. The SMILES string of the molecule is O=C(O)c1ccnc(N2C(=O)C3CCC(C3)C2=O)c1. The lowest BCUT2D eigenvalue weighted by molar-refractivity contribution is -0.133. The second kappa shape index (κ2) is 4.15. The molecule has 0 radical (unpaired) electrons. The largest absolute Gasteiger partial charge is 0.478 e. The predicted molar refractivity (Wildman–Crippen MR) is 64.5 cm³/mol. The summed E-state index contributed by atoms with van der Waals surface area (Å²) in [6, 6.07) is 2.60. The third-order valence-corrected chi connectivity index (χ3v) is 3.79. The predicted octanol–water partition coefficient (Wildman–Crippen LogP) is 1.07. The van der Waals surface area contributed by atoms with Crippen LogP contribution in [0.1, 0.15) is 29.6 Å². The van der Waals surface area contributed by atoms with Crippen LogP contribution < -0.4 is 4.90 Å². The van der Waals surface area contributed by atoms with Crippen molar-refractivity contribution in [3.63, 3.8) is 0 Å². The number of fused-ring (bicyclic) bond motifs is 2. The van der Waals surface area contributed by atoms with E-state index in [2.05, 4.69) is 4.98 Å². The van der Waals surface area contributed by atoms with E-state index in [1.54, 1.807) is 0 Å². The summed E-state index contributed by atoms with van der Waals surface area (Å²) in [7, 11) is 0. The number of carboxylic acid groups (broad SMARTS) is 1. The van der Waals surface area contributed by atoms with E-state index < -0.39 is 5.97 Å². The minimum atomic E-state index is -1.11. The molecule has 0 aromatic carbocycles. The molecule has 2 unspecified atom stereocenters. The first-order valence-electron chi connectivity index (χ1n) is 6.15. The molecule has 0 spiro atoms. The van der Waals surface area contributed by atoms with Crippen LogP contribution >= 0.6 is 0 Å². The van der Waals surface area contributed by atoms with Crippen molar-refractivity contribution in [3.05, 3.63) is 23.9 Å². The Hall–Kier alpha value is -2.24. The lowest BCUT2D eigenvalue weighted by Crippen LogP contribution is -2.46. The molecule has 1 aromatic heterocycles. The molecule has 3 rings (SSSR count). The number of carbonyl (C=O) groups excluding carboxylic acids is 2. The fourth-order valence-corrected chi connectivity index (χ4v) is 2.80. The minimum Gasteiger partial charge on any atom is -0.478 e. The Morgan fingerprint density at radius 1 is 1.26 bits per heavy atom. The Kier molecular flexibility index (Phi) is 2.58. The van der Waals surface area contributed by atoms with Gasteiger partial charge in [-0.15, -0.1) is 0 Å². The third kappa shape index (κ3) is 1.80. The van der Waals surface area contributed by atoms with Crippen molar-refractivity contribution in [2.24, 2.45) is 11.8 Å². The van der Waals surface area contributed by atoms with Gasteiger partial charge >= 0.3 is 5.97 Å². The first-order chi connectivity index (χ1) is 9.08. The maximum absolute atomic E-state index is 12.2. The summed E-state index contributed by atoms with van der Waals surface area (Å²) in [6.45, 7) is 0. The summed E-state index contributed by atoms with van der Waals surface area (Å²) in [6.07, 6.45) is 3.37. The molecule has 2 amide bonds. The van der Waals surface area contributed by atoms with Gasteiger partial charge in [-0.3, -0.25) is 9.59 Å². The topological polar surface area (TPSA) is 87.6 Å². The second-order valence-corrected chi connectivity index (χ2v) is 4.93. The molecule has 1 aliphatic heterocycles. The Labute approximate surface area is 109 Å². The number of rotatable bonds is 2. The number of piperidine rings is 1. The number of carbonyl (C=O) groups is 3. The molecule has 2 fully saturated rings. The van der Waals surface area contributed by atoms with Crippen LogP contribution in [0.3, 0.4) is 0 Å². The average Bonchev–Trinajstić information content (AvgIpc) is 2.84. The maximum atomic E-state index is 12.2. The van der Waals surface area contributed by atoms with Crippen molar-refractivity contribution in [2.75, 3.05) is 4.90 Å². The van der Waals surface area contributed by atoms with E-state index in [1.807, 2.05) is 0 Å². The highest BCUT2D eigenvalue weighted by atomic mass is 16.4. The Morgan fingerprint density at radius 3 is 2.47 bits per heavy atom. The molecular formula is C13H12N2O4. The number of hydrogen-bond donors (Lipinski definition) is 1. The van der Waals surface area contributed by atoms with E-state index in [9.17, 15) is 14.4 Å². The summed E-state index contributed by atoms with van der Waals surface area (Å²) < 4.78 is 0. The number of imide groups is 1. The average molecular weight is 260 g/mol. The van der Waals surface area contributed by atoms with Crippen molar-refractivity contribution in [2.45, 2.75) is 19.3 Å². The van der Waals surface area contributed by atoms with Gasteiger partial charge in [-0.25, -0.2) is 14.7 Å². The molecule has 1 saturated heterocycles. The smallest absolute Gasteiger partial charge is 0.335 e. The number of nitrogens with zero attached hydrogens (tertiary/aromatic N) is 2. The molecule has 98 valence electrons. The van der Waals surface area contributed by atoms with Crippen molar-refractivity contribution in [1.29, 1.82) is 0 Å². The molecule has 19 heavy (non-hydrogen) atoms. The van der Waals surface area contributed by atoms with E-state index >= 15 is 0 Å². The molecule has 1 N–H and O–H groups in total. The van der Waals surface area contributed by atoms with Crippen molar-refractivity contribution in [1.82, 2.24) is 4.98 Å². The fraction of sp³-hybridized carbons (Fsp3) is 0.385. The highest BCUT2D eigenvalue weighted by Gasteiger charge is 2.46. The number of hydrogen-bond acceptors (Lipinski definition) is 4. The zero-order chi connectivity index (χ0) is 13.6. The summed E-state index contributed by atoms with van der Waals surface area (Å²) in [5, 5.41) is 8.94. The maximum Gasteiger partial charge on any atom is 0.335 e. The first-order valence-corrected chi connectivity index (χ1v) is 6.15.